The smallest absolute Gasteiger partial charge is 0.0825 e. The van der Waals surface area contributed by atoms with Gasteiger partial charge in [-0.2, -0.15) is 5.10 Å². The zero-order valence-electron chi connectivity index (χ0n) is 19.8. The SMILES string of the molecule is Brc1cccc(-n2c3ccccc3c3cc(-c4cnn5c6ccccc6c6ccccc6c45)ccc32)c1. The highest BCUT2D eigenvalue weighted by molar-refractivity contribution is 9.10. The second kappa shape index (κ2) is 7.79. The minimum absolute atomic E-state index is 1.07. The van der Waals surface area contributed by atoms with E-state index in [9.17, 15) is 0 Å². The summed E-state index contributed by atoms with van der Waals surface area (Å²) in [6.45, 7) is 0. The number of nitrogens with zero attached hydrogens (tertiary/aromatic N) is 3. The van der Waals surface area contributed by atoms with Crippen LogP contribution in [0.5, 0.6) is 0 Å². The average Bonchev–Trinajstić information content (AvgIpc) is 3.53. The molecule has 8 aromatic rings. The van der Waals surface area contributed by atoms with Crippen LogP contribution in [0.4, 0.5) is 0 Å². The fourth-order valence-electron chi connectivity index (χ4n) is 5.85. The first-order valence-electron chi connectivity index (χ1n) is 12.3. The first kappa shape index (κ1) is 20.7. The Morgan fingerprint density at radius 2 is 1.22 bits per heavy atom. The van der Waals surface area contributed by atoms with Gasteiger partial charge in [0.1, 0.15) is 0 Å². The fourth-order valence-corrected chi connectivity index (χ4v) is 6.23. The highest BCUT2D eigenvalue weighted by Crippen LogP contribution is 2.39. The molecule has 0 radical (unpaired) electrons. The van der Waals surface area contributed by atoms with Gasteiger partial charge in [-0.25, -0.2) is 4.52 Å². The Labute approximate surface area is 221 Å². The van der Waals surface area contributed by atoms with Gasteiger partial charge < -0.3 is 4.57 Å². The van der Waals surface area contributed by atoms with Crippen molar-refractivity contribution in [2.24, 2.45) is 0 Å². The molecule has 0 aliphatic carbocycles. The van der Waals surface area contributed by atoms with Crippen LogP contribution in [0.2, 0.25) is 0 Å². The average molecular weight is 538 g/mol. The van der Waals surface area contributed by atoms with Crippen molar-refractivity contribution in [3.05, 3.63) is 126 Å². The van der Waals surface area contributed by atoms with Crippen LogP contribution in [0.15, 0.2) is 126 Å². The molecule has 0 unspecified atom stereocenters. The summed E-state index contributed by atoms with van der Waals surface area (Å²) in [4.78, 5) is 0. The Morgan fingerprint density at radius 1 is 0.541 bits per heavy atom. The summed E-state index contributed by atoms with van der Waals surface area (Å²) < 4.78 is 5.51. The lowest BCUT2D eigenvalue weighted by Gasteiger charge is -2.10. The molecule has 5 aromatic carbocycles. The maximum absolute atomic E-state index is 4.88. The lowest BCUT2D eigenvalue weighted by molar-refractivity contribution is 1.01. The summed E-state index contributed by atoms with van der Waals surface area (Å²) in [5.74, 6) is 0. The Kier molecular flexibility index (Phi) is 4.37. The Morgan fingerprint density at radius 3 is 2.03 bits per heavy atom. The van der Waals surface area contributed by atoms with E-state index in [-0.39, 0.29) is 0 Å². The quantitative estimate of drug-likeness (QED) is 0.201. The van der Waals surface area contributed by atoms with Crippen LogP contribution in [0, 0.1) is 0 Å². The van der Waals surface area contributed by atoms with Gasteiger partial charge in [0.15, 0.2) is 0 Å². The van der Waals surface area contributed by atoms with E-state index in [1.54, 1.807) is 0 Å². The van der Waals surface area contributed by atoms with Crippen LogP contribution >= 0.6 is 15.9 Å². The molecule has 0 amide bonds. The molecule has 37 heavy (non-hydrogen) atoms. The van der Waals surface area contributed by atoms with Gasteiger partial charge in [0.2, 0.25) is 0 Å². The number of benzene rings is 5. The van der Waals surface area contributed by atoms with Gasteiger partial charge in [0, 0.05) is 37.3 Å². The number of hydrogen-bond acceptors (Lipinski definition) is 1. The van der Waals surface area contributed by atoms with Gasteiger partial charge in [-0.15, -0.1) is 0 Å². The summed E-state index contributed by atoms with van der Waals surface area (Å²) >= 11 is 3.65. The summed E-state index contributed by atoms with van der Waals surface area (Å²) in [5, 5.41) is 11.0. The van der Waals surface area contributed by atoms with Crippen molar-refractivity contribution >= 4 is 64.9 Å². The first-order chi connectivity index (χ1) is 18.3. The molecule has 8 rings (SSSR count). The molecule has 3 nitrogen and oxygen atoms in total. The van der Waals surface area contributed by atoms with Gasteiger partial charge in [-0.05, 0) is 53.4 Å². The second-order valence-corrected chi connectivity index (χ2v) is 10.4. The fraction of sp³-hybridized carbons (Fsp3) is 0. The largest absolute Gasteiger partial charge is 0.309 e. The van der Waals surface area contributed by atoms with Crippen LogP contribution in [-0.4, -0.2) is 14.2 Å². The van der Waals surface area contributed by atoms with Gasteiger partial charge in [-0.3, -0.25) is 0 Å². The normalized spacial score (nSPS) is 11.9. The molecule has 0 N–H and O–H groups in total. The number of para-hydroxylation sites is 2. The van der Waals surface area contributed by atoms with E-state index in [2.05, 4.69) is 140 Å². The lowest BCUT2D eigenvalue weighted by atomic mass is 9.99. The minimum Gasteiger partial charge on any atom is -0.309 e. The molecule has 0 aliphatic heterocycles. The van der Waals surface area contributed by atoms with Crippen LogP contribution in [0.1, 0.15) is 0 Å². The second-order valence-electron chi connectivity index (χ2n) is 9.45. The Bertz CT molecular complexity index is 2170. The molecular formula is C33H20BrN3. The highest BCUT2D eigenvalue weighted by atomic mass is 79.9. The highest BCUT2D eigenvalue weighted by Gasteiger charge is 2.17. The van der Waals surface area contributed by atoms with Crippen molar-refractivity contribution in [1.82, 2.24) is 14.2 Å². The van der Waals surface area contributed by atoms with Crippen molar-refractivity contribution < 1.29 is 0 Å². The van der Waals surface area contributed by atoms with E-state index < -0.39 is 0 Å². The number of fused-ring (bicyclic) bond motifs is 9. The predicted molar refractivity (Wildman–Crippen MR) is 158 cm³/mol. The predicted octanol–water partition coefficient (Wildman–Crippen LogP) is 9.17. The van der Waals surface area contributed by atoms with Gasteiger partial charge in [0.25, 0.3) is 0 Å². The van der Waals surface area contributed by atoms with Crippen molar-refractivity contribution in [2.75, 3.05) is 0 Å². The topological polar surface area (TPSA) is 22.2 Å². The van der Waals surface area contributed by atoms with E-state index in [0.717, 1.165) is 26.8 Å². The zero-order chi connectivity index (χ0) is 24.5. The number of rotatable bonds is 2. The molecular weight excluding hydrogens is 518 g/mol. The number of halogens is 1. The van der Waals surface area contributed by atoms with Crippen LogP contribution in [0.3, 0.4) is 0 Å². The van der Waals surface area contributed by atoms with Crippen molar-refractivity contribution in [3.8, 4) is 16.8 Å². The maximum atomic E-state index is 4.88. The van der Waals surface area contributed by atoms with E-state index in [0.29, 0.717) is 0 Å². The molecule has 0 saturated carbocycles. The molecule has 4 heteroatoms. The molecule has 0 fully saturated rings. The standard InChI is InChI=1S/C33H20BrN3/c34-22-8-7-9-23(19-22)36-30-14-5-3-12-26(30)28-18-21(16-17-31(28)36)29-20-35-37-32-15-6-4-11-25(32)24-10-1-2-13-27(24)33(29)37/h1-20H. The number of hydrogen-bond donors (Lipinski definition) is 0. The zero-order valence-corrected chi connectivity index (χ0v) is 21.4. The summed E-state index contributed by atoms with van der Waals surface area (Å²) in [6, 6.07) is 41.1. The molecule has 0 bridgehead atoms. The Hall–Kier alpha value is -4.41. The van der Waals surface area contributed by atoms with Gasteiger partial charge in [0.05, 0.1) is 28.3 Å². The van der Waals surface area contributed by atoms with E-state index in [1.807, 2.05) is 6.20 Å². The van der Waals surface area contributed by atoms with Crippen LogP contribution in [-0.2, 0) is 0 Å². The third-order valence-corrected chi connectivity index (χ3v) is 7.92. The minimum atomic E-state index is 1.07. The summed E-state index contributed by atoms with van der Waals surface area (Å²) in [5.41, 5.74) is 8.10. The third kappa shape index (κ3) is 2.96. The third-order valence-electron chi connectivity index (χ3n) is 7.42. The lowest BCUT2D eigenvalue weighted by Crippen LogP contribution is -1.93. The molecule has 0 spiro atoms. The van der Waals surface area contributed by atoms with E-state index >= 15 is 0 Å². The molecule has 3 heterocycles. The molecule has 0 aliphatic rings. The van der Waals surface area contributed by atoms with Crippen molar-refractivity contribution in [3.63, 3.8) is 0 Å². The number of aromatic nitrogens is 3. The maximum Gasteiger partial charge on any atom is 0.0825 e. The van der Waals surface area contributed by atoms with Crippen molar-refractivity contribution in [2.45, 2.75) is 0 Å². The van der Waals surface area contributed by atoms with E-state index in [1.165, 1.54) is 43.5 Å². The number of pyridine rings is 1. The van der Waals surface area contributed by atoms with Crippen LogP contribution < -0.4 is 0 Å². The van der Waals surface area contributed by atoms with E-state index in [4.69, 9.17) is 5.10 Å². The molecule has 0 atom stereocenters. The molecule has 174 valence electrons. The van der Waals surface area contributed by atoms with Crippen molar-refractivity contribution in [1.29, 1.82) is 0 Å². The van der Waals surface area contributed by atoms with Gasteiger partial charge in [-0.1, -0.05) is 88.7 Å². The first-order valence-corrected chi connectivity index (χ1v) is 13.1. The summed E-state index contributed by atoms with van der Waals surface area (Å²) in [7, 11) is 0. The van der Waals surface area contributed by atoms with Gasteiger partial charge >= 0.3 is 0 Å². The van der Waals surface area contributed by atoms with Crippen LogP contribution in [0.25, 0.3) is 65.8 Å². The summed E-state index contributed by atoms with van der Waals surface area (Å²) in [6.07, 6.45) is 2.02. The Balaban J connectivity index is 1.46. The molecule has 3 aromatic heterocycles. The molecule has 0 saturated heterocycles. The monoisotopic (exact) mass is 537 g/mol.